The first kappa shape index (κ1) is 27.5. The zero-order chi connectivity index (χ0) is 27.9. The van der Waals surface area contributed by atoms with E-state index in [1.165, 1.54) is 0 Å². The second kappa shape index (κ2) is 12.4. The van der Waals surface area contributed by atoms with E-state index in [9.17, 15) is 24.7 Å². The first-order chi connectivity index (χ1) is 18.8. The number of carbonyl (C=O) groups is 3. The molecule has 9 heteroatoms. The van der Waals surface area contributed by atoms with Gasteiger partial charge in [-0.15, -0.1) is 0 Å². The predicted molar refractivity (Wildman–Crippen MR) is 146 cm³/mol. The SMILES string of the molecule is CCCc1nc2c(C)cc(CNC(=O)C(Cc3ccccc3)C(=O)NO)cc2n1Cc1ccc(C(=O)O)cc1. The van der Waals surface area contributed by atoms with Crippen molar-refractivity contribution in [1.82, 2.24) is 20.3 Å². The molecule has 4 N–H and O–H groups in total. The van der Waals surface area contributed by atoms with Crippen LogP contribution in [0.25, 0.3) is 11.0 Å². The quantitative estimate of drug-likeness (QED) is 0.132. The molecule has 1 heterocycles. The number of benzene rings is 3. The fourth-order valence-corrected chi connectivity index (χ4v) is 4.69. The Labute approximate surface area is 226 Å². The van der Waals surface area contributed by atoms with Crippen LogP contribution in [0.1, 0.15) is 51.8 Å². The molecule has 0 bridgehead atoms. The number of hydroxylamine groups is 1. The molecule has 0 aliphatic heterocycles. The molecule has 9 nitrogen and oxygen atoms in total. The average Bonchev–Trinajstić information content (AvgIpc) is 3.28. The summed E-state index contributed by atoms with van der Waals surface area (Å²) in [4.78, 5) is 41.4. The van der Waals surface area contributed by atoms with E-state index in [4.69, 9.17) is 4.98 Å². The third kappa shape index (κ3) is 6.50. The second-order valence-electron chi connectivity index (χ2n) is 9.58. The van der Waals surface area contributed by atoms with Crippen LogP contribution in [0.2, 0.25) is 0 Å². The molecule has 0 saturated carbocycles. The molecule has 4 rings (SSSR count). The number of nitrogens with zero attached hydrogens (tertiary/aromatic N) is 2. The van der Waals surface area contributed by atoms with Crippen molar-refractivity contribution >= 4 is 28.8 Å². The van der Waals surface area contributed by atoms with Crippen molar-refractivity contribution < 1.29 is 24.7 Å². The highest BCUT2D eigenvalue weighted by molar-refractivity contribution is 6.00. The van der Waals surface area contributed by atoms with Crippen molar-refractivity contribution in [3.05, 3.63) is 100 Å². The molecule has 3 aromatic carbocycles. The average molecular weight is 529 g/mol. The molecule has 39 heavy (non-hydrogen) atoms. The number of fused-ring (bicyclic) bond motifs is 1. The minimum absolute atomic E-state index is 0.158. The number of carbonyl (C=O) groups excluding carboxylic acids is 2. The van der Waals surface area contributed by atoms with Gasteiger partial charge in [-0.05, 0) is 60.2 Å². The van der Waals surface area contributed by atoms with Crippen LogP contribution in [-0.2, 0) is 35.5 Å². The lowest BCUT2D eigenvalue weighted by Crippen LogP contribution is -2.41. The topological polar surface area (TPSA) is 134 Å². The van der Waals surface area contributed by atoms with E-state index in [0.717, 1.165) is 52.0 Å². The smallest absolute Gasteiger partial charge is 0.335 e. The molecule has 1 aromatic heterocycles. The Morgan fingerprint density at radius 3 is 2.31 bits per heavy atom. The molecule has 0 aliphatic carbocycles. The lowest BCUT2D eigenvalue weighted by atomic mass is 9.97. The van der Waals surface area contributed by atoms with Crippen molar-refractivity contribution in [1.29, 1.82) is 0 Å². The van der Waals surface area contributed by atoms with E-state index in [-0.39, 0.29) is 18.5 Å². The maximum atomic E-state index is 13.0. The van der Waals surface area contributed by atoms with Gasteiger partial charge in [0, 0.05) is 19.5 Å². The highest BCUT2D eigenvalue weighted by Crippen LogP contribution is 2.24. The molecule has 0 saturated heterocycles. The van der Waals surface area contributed by atoms with Crippen LogP contribution >= 0.6 is 0 Å². The summed E-state index contributed by atoms with van der Waals surface area (Å²) in [7, 11) is 0. The van der Waals surface area contributed by atoms with Crippen LogP contribution in [0.15, 0.2) is 66.7 Å². The summed E-state index contributed by atoms with van der Waals surface area (Å²) < 4.78 is 2.13. The fourth-order valence-electron chi connectivity index (χ4n) is 4.69. The zero-order valence-corrected chi connectivity index (χ0v) is 22.0. The molecule has 1 unspecified atom stereocenters. The highest BCUT2D eigenvalue weighted by Gasteiger charge is 2.26. The van der Waals surface area contributed by atoms with Gasteiger partial charge in [0.05, 0.1) is 16.6 Å². The Hall–Kier alpha value is -4.50. The van der Waals surface area contributed by atoms with Crippen LogP contribution in [0.5, 0.6) is 0 Å². The summed E-state index contributed by atoms with van der Waals surface area (Å²) in [5, 5.41) is 21.3. The Morgan fingerprint density at radius 2 is 1.67 bits per heavy atom. The van der Waals surface area contributed by atoms with Gasteiger partial charge in [0.1, 0.15) is 11.7 Å². The third-order valence-electron chi connectivity index (χ3n) is 6.69. The van der Waals surface area contributed by atoms with Gasteiger partial charge in [0.25, 0.3) is 5.91 Å². The molecule has 0 fully saturated rings. The zero-order valence-electron chi connectivity index (χ0n) is 22.0. The number of carboxylic acids is 1. The Morgan fingerprint density at radius 1 is 0.949 bits per heavy atom. The van der Waals surface area contributed by atoms with Crippen molar-refractivity contribution in [3.63, 3.8) is 0 Å². The summed E-state index contributed by atoms with van der Waals surface area (Å²) in [5.41, 5.74) is 7.20. The number of aromatic nitrogens is 2. The lowest BCUT2D eigenvalue weighted by Gasteiger charge is -2.16. The van der Waals surface area contributed by atoms with E-state index in [1.54, 1.807) is 29.7 Å². The number of imidazole rings is 1. The second-order valence-corrected chi connectivity index (χ2v) is 9.58. The van der Waals surface area contributed by atoms with Crippen molar-refractivity contribution in [2.75, 3.05) is 0 Å². The van der Waals surface area contributed by atoms with Crippen LogP contribution in [0.3, 0.4) is 0 Å². The number of nitrogens with one attached hydrogen (secondary N) is 2. The summed E-state index contributed by atoms with van der Waals surface area (Å²) in [6, 6.07) is 19.9. The molecule has 2 amide bonds. The van der Waals surface area contributed by atoms with Gasteiger partial charge < -0.3 is 15.0 Å². The highest BCUT2D eigenvalue weighted by atomic mass is 16.5. The first-order valence-corrected chi connectivity index (χ1v) is 12.9. The van der Waals surface area contributed by atoms with Gasteiger partial charge in [-0.2, -0.15) is 0 Å². The van der Waals surface area contributed by atoms with E-state index >= 15 is 0 Å². The van der Waals surface area contributed by atoms with E-state index in [2.05, 4.69) is 16.8 Å². The van der Waals surface area contributed by atoms with E-state index in [0.29, 0.717) is 6.54 Å². The van der Waals surface area contributed by atoms with Gasteiger partial charge in [0.15, 0.2) is 0 Å². The molecule has 202 valence electrons. The first-order valence-electron chi connectivity index (χ1n) is 12.9. The standard InChI is InChI=1S/C30H32N4O5/c1-3-7-26-32-27-19(2)14-22(16-25(27)34(26)18-21-10-12-23(13-11-21)30(37)38)17-31-28(35)24(29(36)33-39)15-20-8-5-4-6-9-20/h4-6,8-14,16,24,39H,3,7,15,17-18H2,1-2H3,(H,31,35)(H,33,36)(H,37,38). The van der Waals surface area contributed by atoms with Crippen molar-refractivity contribution in [2.24, 2.45) is 5.92 Å². The molecule has 1 atom stereocenters. The van der Waals surface area contributed by atoms with Crippen LogP contribution < -0.4 is 10.8 Å². The van der Waals surface area contributed by atoms with Crippen LogP contribution in [0, 0.1) is 12.8 Å². The summed E-state index contributed by atoms with van der Waals surface area (Å²) in [6.07, 6.45) is 1.86. The molecule has 0 radical (unpaired) electrons. The summed E-state index contributed by atoms with van der Waals surface area (Å²) in [6.45, 7) is 4.78. The fraction of sp³-hybridized carbons (Fsp3) is 0.267. The van der Waals surface area contributed by atoms with E-state index < -0.39 is 23.7 Å². The van der Waals surface area contributed by atoms with E-state index in [1.807, 2.05) is 49.4 Å². The number of hydrogen-bond donors (Lipinski definition) is 4. The molecule has 0 aliphatic rings. The van der Waals surface area contributed by atoms with Gasteiger partial charge in [-0.3, -0.25) is 14.8 Å². The monoisotopic (exact) mass is 528 g/mol. The van der Waals surface area contributed by atoms with Crippen molar-refractivity contribution in [2.45, 2.75) is 46.2 Å². The van der Waals surface area contributed by atoms with Crippen molar-refractivity contribution in [3.8, 4) is 0 Å². The Kier molecular flexibility index (Phi) is 8.73. The maximum Gasteiger partial charge on any atom is 0.335 e. The molecule has 4 aromatic rings. The van der Waals surface area contributed by atoms with Gasteiger partial charge >= 0.3 is 5.97 Å². The lowest BCUT2D eigenvalue weighted by molar-refractivity contribution is -0.140. The summed E-state index contributed by atoms with van der Waals surface area (Å²) in [5.74, 6) is -2.37. The van der Waals surface area contributed by atoms with Gasteiger partial charge in [-0.25, -0.2) is 15.3 Å². The largest absolute Gasteiger partial charge is 0.478 e. The Balaban J connectivity index is 1.59. The van der Waals surface area contributed by atoms with Crippen LogP contribution in [-0.4, -0.2) is 37.6 Å². The minimum atomic E-state index is -1.09. The maximum absolute atomic E-state index is 13.0. The normalized spacial score (nSPS) is 11.8. The molecular formula is C30H32N4O5. The number of hydrogen-bond acceptors (Lipinski definition) is 5. The number of aryl methyl sites for hydroxylation is 2. The molecule has 0 spiro atoms. The van der Waals surface area contributed by atoms with Gasteiger partial charge in [-0.1, -0.05) is 55.5 Å². The predicted octanol–water partition coefficient (Wildman–Crippen LogP) is 4.02. The molecular weight excluding hydrogens is 496 g/mol. The minimum Gasteiger partial charge on any atom is -0.478 e. The number of amides is 2. The number of aromatic carboxylic acids is 1. The number of carboxylic acid groups (broad SMARTS) is 1. The third-order valence-corrected chi connectivity index (χ3v) is 6.69. The number of rotatable bonds is 11. The van der Waals surface area contributed by atoms with Gasteiger partial charge in [0.2, 0.25) is 5.91 Å². The van der Waals surface area contributed by atoms with Crippen LogP contribution in [0.4, 0.5) is 0 Å². The summed E-state index contributed by atoms with van der Waals surface area (Å²) >= 11 is 0. The Bertz CT molecular complexity index is 1480.